The number of benzene rings is 1. The predicted octanol–water partition coefficient (Wildman–Crippen LogP) is 2.81. The van der Waals surface area contributed by atoms with Gasteiger partial charge in [-0.1, -0.05) is 19.1 Å². The molecule has 0 heterocycles. The first-order valence-corrected chi connectivity index (χ1v) is 6.32. The minimum Gasteiger partial charge on any atom is -0.330 e. The molecule has 1 rings (SSSR count). The molecule has 96 valence electrons. The smallest absolute Gasteiger partial charge is 0.0382 e. The summed E-state index contributed by atoms with van der Waals surface area (Å²) in [6.45, 7) is 9.48. The molecule has 2 N–H and O–H groups in total. The van der Waals surface area contributed by atoms with Crippen molar-refractivity contribution in [2.45, 2.75) is 33.7 Å². The normalized spacial score (nSPS) is 15.1. The second kappa shape index (κ2) is 5.65. The molecule has 0 amide bonds. The Morgan fingerprint density at radius 2 is 1.59 bits per heavy atom. The fourth-order valence-corrected chi connectivity index (χ4v) is 2.52. The molecule has 0 bridgehead atoms. The van der Waals surface area contributed by atoms with Crippen LogP contribution in [0, 0.1) is 26.7 Å². The van der Waals surface area contributed by atoms with Crippen molar-refractivity contribution < 1.29 is 0 Å². The summed E-state index contributed by atoms with van der Waals surface area (Å²) < 4.78 is 0. The van der Waals surface area contributed by atoms with Gasteiger partial charge in [-0.25, -0.2) is 0 Å². The lowest BCUT2D eigenvalue weighted by molar-refractivity contribution is 0.226. The number of nitrogens with two attached hydrogens (primary N) is 1. The van der Waals surface area contributed by atoms with Gasteiger partial charge in [0.15, 0.2) is 0 Å². The lowest BCUT2D eigenvalue weighted by atomic mass is 9.88. The van der Waals surface area contributed by atoms with E-state index in [1.807, 2.05) is 0 Å². The zero-order valence-corrected chi connectivity index (χ0v) is 12.0. The molecule has 0 spiro atoms. The first-order valence-electron chi connectivity index (χ1n) is 6.32. The first-order chi connectivity index (χ1) is 7.88. The number of hydrogen-bond acceptors (Lipinski definition) is 2. The van der Waals surface area contributed by atoms with Gasteiger partial charge in [-0.15, -0.1) is 0 Å². The van der Waals surface area contributed by atoms with E-state index in [0.717, 1.165) is 6.54 Å². The average molecular weight is 234 g/mol. The molecule has 1 aromatic rings. The van der Waals surface area contributed by atoms with Crippen LogP contribution in [0.25, 0.3) is 0 Å². The van der Waals surface area contributed by atoms with Gasteiger partial charge in [-0.05, 0) is 69.6 Å². The molecule has 0 aliphatic carbocycles. The molecule has 0 aromatic heterocycles. The van der Waals surface area contributed by atoms with Gasteiger partial charge in [0.25, 0.3) is 0 Å². The zero-order valence-electron chi connectivity index (χ0n) is 12.0. The van der Waals surface area contributed by atoms with E-state index in [4.69, 9.17) is 5.73 Å². The monoisotopic (exact) mass is 234 g/mol. The van der Waals surface area contributed by atoms with Crippen LogP contribution in [0.3, 0.4) is 0 Å². The maximum Gasteiger partial charge on any atom is 0.0382 e. The van der Waals surface area contributed by atoms with Crippen molar-refractivity contribution in [1.82, 2.24) is 4.90 Å². The van der Waals surface area contributed by atoms with Crippen molar-refractivity contribution in [3.05, 3.63) is 34.4 Å². The number of hydrogen-bond donors (Lipinski definition) is 1. The molecule has 0 fully saturated rings. The standard InChI is InChI=1S/C15H26N2/c1-10-7-12(3)14(8-11(10)2)15(17(5)6)13(4)9-16/h7-8,13,15H,9,16H2,1-6H3. The first kappa shape index (κ1) is 14.2. The Balaban J connectivity index is 3.23. The van der Waals surface area contributed by atoms with Crippen LogP contribution in [0.2, 0.25) is 0 Å². The fourth-order valence-electron chi connectivity index (χ4n) is 2.52. The van der Waals surface area contributed by atoms with Crippen molar-refractivity contribution in [2.75, 3.05) is 20.6 Å². The SMILES string of the molecule is Cc1cc(C)c(C(C(C)CN)N(C)C)cc1C. The van der Waals surface area contributed by atoms with Crippen molar-refractivity contribution in [1.29, 1.82) is 0 Å². The van der Waals surface area contributed by atoms with Crippen LogP contribution in [0.15, 0.2) is 12.1 Å². The molecule has 0 aliphatic heterocycles. The van der Waals surface area contributed by atoms with E-state index < -0.39 is 0 Å². The van der Waals surface area contributed by atoms with Gasteiger partial charge in [-0.2, -0.15) is 0 Å². The van der Waals surface area contributed by atoms with Gasteiger partial charge in [-0.3, -0.25) is 0 Å². The van der Waals surface area contributed by atoms with Gasteiger partial charge in [0.1, 0.15) is 0 Å². The van der Waals surface area contributed by atoms with Crippen LogP contribution in [-0.4, -0.2) is 25.5 Å². The minimum atomic E-state index is 0.402. The Kier molecular flexibility index (Phi) is 4.72. The van der Waals surface area contributed by atoms with Gasteiger partial charge in [0.05, 0.1) is 0 Å². The van der Waals surface area contributed by atoms with Crippen LogP contribution in [0.5, 0.6) is 0 Å². The molecule has 0 radical (unpaired) electrons. The highest BCUT2D eigenvalue weighted by atomic mass is 15.1. The van der Waals surface area contributed by atoms with Crippen LogP contribution < -0.4 is 5.73 Å². The minimum absolute atomic E-state index is 0.402. The van der Waals surface area contributed by atoms with Crippen molar-refractivity contribution >= 4 is 0 Å². The lowest BCUT2D eigenvalue weighted by Crippen LogP contribution is -2.31. The second-order valence-electron chi connectivity index (χ2n) is 5.41. The van der Waals surface area contributed by atoms with E-state index in [0.29, 0.717) is 12.0 Å². The third kappa shape index (κ3) is 3.08. The summed E-state index contributed by atoms with van der Waals surface area (Å²) >= 11 is 0. The Hall–Kier alpha value is -0.860. The van der Waals surface area contributed by atoms with Gasteiger partial charge >= 0.3 is 0 Å². The zero-order chi connectivity index (χ0) is 13.2. The highest BCUT2D eigenvalue weighted by Crippen LogP contribution is 2.30. The number of rotatable bonds is 4. The summed E-state index contributed by atoms with van der Waals surface area (Å²) in [5.41, 5.74) is 11.3. The predicted molar refractivity (Wildman–Crippen MR) is 75.3 cm³/mol. The lowest BCUT2D eigenvalue weighted by Gasteiger charge is -2.31. The maximum atomic E-state index is 5.84. The van der Waals surface area contributed by atoms with E-state index >= 15 is 0 Å². The molecule has 17 heavy (non-hydrogen) atoms. The Labute approximate surface area is 106 Å². The Morgan fingerprint density at radius 1 is 1.06 bits per heavy atom. The molecule has 0 aliphatic rings. The molecule has 2 atom stereocenters. The molecular formula is C15H26N2. The van der Waals surface area contributed by atoms with E-state index in [-0.39, 0.29) is 0 Å². The van der Waals surface area contributed by atoms with Crippen LogP contribution in [0.1, 0.15) is 35.2 Å². The fraction of sp³-hybridized carbons (Fsp3) is 0.600. The van der Waals surface area contributed by atoms with E-state index in [1.165, 1.54) is 22.3 Å². The van der Waals surface area contributed by atoms with Gasteiger partial charge in [0, 0.05) is 6.04 Å². The maximum absolute atomic E-state index is 5.84. The molecule has 2 unspecified atom stereocenters. The van der Waals surface area contributed by atoms with Crippen LogP contribution in [0.4, 0.5) is 0 Å². The molecular weight excluding hydrogens is 208 g/mol. The molecule has 2 nitrogen and oxygen atoms in total. The molecule has 0 saturated carbocycles. The summed E-state index contributed by atoms with van der Waals surface area (Å²) in [5, 5.41) is 0. The largest absolute Gasteiger partial charge is 0.330 e. The number of nitrogens with zero attached hydrogens (tertiary/aromatic N) is 1. The molecule has 2 heteroatoms. The van der Waals surface area contributed by atoms with Crippen LogP contribution in [-0.2, 0) is 0 Å². The Morgan fingerprint density at radius 3 is 2.06 bits per heavy atom. The van der Waals surface area contributed by atoms with Gasteiger partial charge < -0.3 is 10.6 Å². The summed E-state index contributed by atoms with van der Waals surface area (Å²) in [7, 11) is 4.26. The topological polar surface area (TPSA) is 29.3 Å². The highest BCUT2D eigenvalue weighted by molar-refractivity contribution is 5.38. The van der Waals surface area contributed by atoms with Crippen molar-refractivity contribution in [3.63, 3.8) is 0 Å². The highest BCUT2D eigenvalue weighted by Gasteiger charge is 2.22. The summed E-state index contributed by atoms with van der Waals surface area (Å²) in [6.07, 6.45) is 0. The van der Waals surface area contributed by atoms with E-state index in [2.05, 4.69) is 58.8 Å². The summed E-state index contributed by atoms with van der Waals surface area (Å²) in [6, 6.07) is 5.01. The molecule has 0 saturated heterocycles. The third-order valence-electron chi connectivity index (χ3n) is 3.67. The third-order valence-corrected chi connectivity index (χ3v) is 3.67. The Bertz CT molecular complexity index is 383. The summed E-state index contributed by atoms with van der Waals surface area (Å²) in [5.74, 6) is 0.464. The van der Waals surface area contributed by atoms with E-state index in [1.54, 1.807) is 0 Å². The van der Waals surface area contributed by atoms with Crippen LogP contribution >= 0.6 is 0 Å². The number of aryl methyl sites for hydroxylation is 3. The average Bonchev–Trinajstić information content (AvgIpc) is 2.25. The van der Waals surface area contributed by atoms with Crippen molar-refractivity contribution in [2.24, 2.45) is 11.7 Å². The van der Waals surface area contributed by atoms with Gasteiger partial charge in [0.2, 0.25) is 0 Å². The quantitative estimate of drug-likeness (QED) is 0.868. The van der Waals surface area contributed by atoms with Crippen molar-refractivity contribution in [3.8, 4) is 0 Å². The summed E-state index contributed by atoms with van der Waals surface area (Å²) in [4.78, 5) is 2.27. The van der Waals surface area contributed by atoms with E-state index in [9.17, 15) is 0 Å². The molecule has 1 aromatic carbocycles. The second-order valence-corrected chi connectivity index (χ2v) is 5.41.